The molecule has 0 aliphatic carbocycles. The summed E-state index contributed by atoms with van der Waals surface area (Å²) in [6, 6.07) is 6.85. The number of hydrogen-bond acceptors (Lipinski definition) is 2. The van der Waals surface area contributed by atoms with Gasteiger partial charge in [-0.3, -0.25) is 4.79 Å². The van der Waals surface area contributed by atoms with Crippen molar-refractivity contribution >= 4 is 5.97 Å². The van der Waals surface area contributed by atoms with Gasteiger partial charge in [0.1, 0.15) is 0 Å². The molecular formula is C17H25NO2. The Hall–Kier alpha value is -1.35. The van der Waals surface area contributed by atoms with Crippen LogP contribution < -0.4 is 5.32 Å². The first-order chi connectivity index (χ1) is 9.40. The van der Waals surface area contributed by atoms with Crippen molar-refractivity contribution in [2.24, 2.45) is 5.92 Å². The topological polar surface area (TPSA) is 49.3 Å². The first-order valence-corrected chi connectivity index (χ1v) is 7.50. The van der Waals surface area contributed by atoms with Crippen LogP contribution in [0.4, 0.5) is 0 Å². The Balaban J connectivity index is 2.33. The van der Waals surface area contributed by atoms with E-state index in [0.29, 0.717) is 24.8 Å². The smallest absolute Gasteiger partial charge is 0.307 e. The summed E-state index contributed by atoms with van der Waals surface area (Å²) in [4.78, 5) is 11.1. The molecule has 2 rings (SSSR count). The number of nitrogens with one attached hydrogen (secondary N) is 1. The second-order valence-electron chi connectivity index (χ2n) is 6.43. The van der Waals surface area contributed by atoms with Crippen LogP contribution in [-0.4, -0.2) is 17.6 Å². The molecule has 1 aromatic carbocycles. The van der Waals surface area contributed by atoms with Crippen molar-refractivity contribution in [1.82, 2.24) is 5.32 Å². The van der Waals surface area contributed by atoms with Gasteiger partial charge >= 0.3 is 5.97 Å². The maximum absolute atomic E-state index is 11.1. The first kappa shape index (κ1) is 15.0. The molecule has 0 radical (unpaired) electrons. The number of carboxylic acid groups (broad SMARTS) is 1. The number of carboxylic acids is 1. The molecule has 0 amide bonds. The van der Waals surface area contributed by atoms with Crippen LogP contribution >= 0.6 is 0 Å². The lowest BCUT2D eigenvalue weighted by atomic mass is 9.87. The second kappa shape index (κ2) is 5.96. The zero-order chi connectivity index (χ0) is 14.9. The Morgan fingerprint density at radius 2 is 1.95 bits per heavy atom. The van der Waals surface area contributed by atoms with Gasteiger partial charge in [-0.2, -0.15) is 0 Å². The highest BCUT2D eigenvalue weighted by Crippen LogP contribution is 2.34. The van der Waals surface area contributed by atoms with Crippen LogP contribution in [0, 0.1) is 5.92 Å². The summed E-state index contributed by atoms with van der Waals surface area (Å²) in [6.07, 6.45) is 0.691. The molecule has 110 valence electrons. The molecule has 1 aromatic rings. The van der Waals surface area contributed by atoms with E-state index in [1.165, 1.54) is 16.7 Å². The van der Waals surface area contributed by atoms with E-state index in [1.54, 1.807) is 0 Å². The van der Waals surface area contributed by atoms with Gasteiger partial charge in [0.25, 0.3) is 0 Å². The molecule has 3 nitrogen and oxygen atoms in total. The third-order valence-electron chi connectivity index (χ3n) is 4.26. The van der Waals surface area contributed by atoms with Crippen LogP contribution in [-0.2, 0) is 4.79 Å². The van der Waals surface area contributed by atoms with Crippen molar-refractivity contribution in [2.45, 2.75) is 52.0 Å². The lowest BCUT2D eigenvalue weighted by Crippen LogP contribution is -2.18. The Bertz CT molecular complexity index is 494. The Labute approximate surface area is 121 Å². The van der Waals surface area contributed by atoms with Crippen LogP contribution in [0.1, 0.15) is 68.7 Å². The largest absolute Gasteiger partial charge is 0.481 e. The minimum Gasteiger partial charge on any atom is -0.481 e. The zero-order valence-corrected chi connectivity index (χ0v) is 12.8. The Morgan fingerprint density at radius 3 is 2.45 bits per heavy atom. The lowest BCUT2D eigenvalue weighted by Gasteiger charge is -2.21. The maximum atomic E-state index is 11.1. The first-order valence-electron chi connectivity index (χ1n) is 7.50. The van der Waals surface area contributed by atoms with Crippen molar-refractivity contribution in [3.63, 3.8) is 0 Å². The molecule has 0 aromatic heterocycles. The predicted octanol–water partition coefficient (Wildman–Crippen LogP) is 3.67. The molecule has 2 N–H and O–H groups in total. The van der Waals surface area contributed by atoms with E-state index < -0.39 is 5.97 Å². The van der Waals surface area contributed by atoms with Gasteiger partial charge in [-0.1, -0.05) is 45.9 Å². The van der Waals surface area contributed by atoms with Gasteiger partial charge in [-0.05, 0) is 34.9 Å². The van der Waals surface area contributed by atoms with Gasteiger partial charge in [0.15, 0.2) is 0 Å². The third kappa shape index (κ3) is 3.04. The molecule has 0 spiro atoms. The van der Waals surface area contributed by atoms with Crippen LogP contribution in [0.25, 0.3) is 0 Å². The SMILES string of the molecule is CC(C)c1ccc(C(C)C)c(C2CC(C(=O)O)CN2)c1. The monoisotopic (exact) mass is 275 g/mol. The van der Waals surface area contributed by atoms with Gasteiger partial charge in [-0.15, -0.1) is 0 Å². The van der Waals surface area contributed by atoms with Gasteiger partial charge in [0.2, 0.25) is 0 Å². The summed E-state index contributed by atoms with van der Waals surface area (Å²) in [6.45, 7) is 9.34. The molecule has 1 saturated heterocycles. The van der Waals surface area contributed by atoms with Gasteiger partial charge in [-0.25, -0.2) is 0 Å². The molecule has 3 heteroatoms. The fourth-order valence-corrected chi connectivity index (χ4v) is 2.94. The quantitative estimate of drug-likeness (QED) is 0.881. The van der Waals surface area contributed by atoms with Crippen molar-refractivity contribution in [3.05, 3.63) is 34.9 Å². The van der Waals surface area contributed by atoms with E-state index in [4.69, 9.17) is 5.11 Å². The van der Waals surface area contributed by atoms with E-state index in [0.717, 1.165) is 0 Å². The number of rotatable bonds is 4. The van der Waals surface area contributed by atoms with Crippen LogP contribution in [0.2, 0.25) is 0 Å². The van der Waals surface area contributed by atoms with E-state index in [2.05, 4.69) is 51.2 Å². The lowest BCUT2D eigenvalue weighted by molar-refractivity contribution is -0.141. The highest BCUT2D eigenvalue weighted by molar-refractivity contribution is 5.70. The summed E-state index contributed by atoms with van der Waals surface area (Å²) < 4.78 is 0. The number of hydrogen-bond donors (Lipinski definition) is 2. The summed E-state index contributed by atoms with van der Waals surface area (Å²) in [7, 11) is 0. The van der Waals surface area contributed by atoms with E-state index >= 15 is 0 Å². The summed E-state index contributed by atoms with van der Waals surface area (Å²) in [5.74, 6) is -0.00245. The van der Waals surface area contributed by atoms with Crippen LogP contribution in [0.5, 0.6) is 0 Å². The average Bonchev–Trinajstić information content (AvgIpc) is 2.87. The van der Waals surface area contributed by atoms with E-state index in [-0.39, 0.29) is 12.0 Å². The van der Waals surface area contributed by atoms with Crippen LogP contribution in [0.15, 0.2) is 18.2 Å². The average molecular weight is 275 g/mol. The third-order valence-corrected chi connectivity index (χ3v) is 4.26. The fourth-order valence-electron chi connectivity index (χ4n) is 2.94. The maximum Gasteiger partial charge on any atom is 0.307 e. The number of benzene rings is 1. The van der Waals surface area contributed by atoms with E-state index in [9.17, 15) is 4.79 Å². The van der Waals surface area contributed by atoms with Crippen molar-refractivity contribution in [1.29, 1.82) is 0 Å². The molecule has 2 unspecified atom stereocenters. The van der Waals surface area contributed by atoms with Gasteiger partial charge in [0, 0.05) is 12.6 Å². The van der Waals surface area contributed by atoms with Crippen molar-refractivity contribution in [2.75, 3.05) is 6.54 Å². The summed E-state index contributed by atoms with van der Waals surface area (Å²) >= 11 is 0. The molecule has 1 aliphatic heterocycles. The normalized spacial score (nSPS) is 22.7. The Kier molecular flexibility index (Phi) is 4.48. The summed E-state index contributed by atoms with van der Waals surface area (Å²) in [5.41, 5.74) is 3.94. The number of carbonyl (C=O) groups is 1. The minimum absolute atomic E-state index is 0.173. The molecule has 1 fully saturated rings. The highest BCUT2D eigenvalue weighted by atomic mass is 16.4. The zero-order valence-electron chi connectivity index (χ0n) is 12.8. The molecule has 1 aliphatic rings. The van der Waals surface area contributed by atoms with E-state index in [1.807, 2.05) is 0 Å². The highest BCUT2D eigenvalue weighted by Gasteiger charge is 2.31. The van der Waals surface area contributed by atoms with Gasteiger partial charge in [0.05, 0.1) is 5.92 Å². The minimum atomic E-state index is -0.689. The van der Waals surface area contributed by atoms with Crippen molar-refractivity contribution < 1.29 is 9.90 Å². The molecular weight excluding hydrogens is 250 g/mol. The molecule has 0 bridgehead atoms. The molecule has 1 heterocycles. The predicted molar refractivity (Wildman–Crippen MR) is 81.1 cm³/mol. The second-order valence-corrected chi connectivity index (χ2v) is 6.43. The number of aliphatic carboxylic acids is 1. The Morgan fingerprint density at radius 1 is 1.25 bits per heavy atom. The van der Waals surface area contributed by atoms with Crippen molar-refractivity contribution in [3.8, 4) is 0 Å². The molecule has 0 saturated carbocycles. The van der Waals surface area contributed by atoms with Crippen LogP contribution in [0.3, 0.4) is 0 Å². The standard InChI is InChI=1S/C17H25NO2/c1-10(2)12-5-6-14(11(3)4)15(7-12)16-8-13(9-18-16)17(19)20/h5-7,10-11,13,16,18H,8-9H2,1-4H3,(H,19,20). The fraction of sp³-hybridized carbons (Fsp3) is 0.588. The molecule has 2 atom stereocenters. The summed E-state index contributed by atoms with van der Waals surface area (Å²) in [5, 5.41) is 12.5. The van der Waals surface area contributed by atoms with Gasteiger partial charge < -0.3 is 10.4 Å². The molecule has 20 heavy (non-hydrogen) atoms.